The van der Waals surface area contributed by atoms with Crippen LogP contribution in [0.3, 0.4) is 0 Å². The van der Waals surface area contributed by atoms with E-state index in [-0.39, 0.29) is 0 Å². The molecule has 2 aromatic carbocycles. The summed E-state index contributed by atoms with van der Waals surface area (Å²) >= 11 is 11.9. The molecular weight excluding hydrogens is 279 g/mol. The zero-order valence-electron chi connectivity index (χ0n) is 10.4. The third-order valence-corrected chi connectivity index (χ3v) is 3.33. The summed E-state index contributed by atoms with van der Waals surface area (Å²) in [5, 5.41) is 0.587. The van der Waals surface area contributed by atoms with E-state index in [0.29, 0.717) is 23.3 Å². The zero-order chi connectivity index (χ0) is 13.7. The second kappa shape index (κ2) is 6.65. The van der Waals surface area contributed by atoms with Crippen LogP contribution in [0.2, 0.25) is 5.02 Å². The molecule has 0 fully saturated rings. The van der Waals surface area contributed by atoms with E-state index in [1.165, 1.54) is 0 Å². The molecule has 0 aliphatic carbocycles. The average molecular weight is 293 g/mol. The predicted octanol–water partition coefficient (Wildman–Crippen LogP) is 5.18. The highest BCUT2D eigenvalue weighted by atomic mass is 35.5. The molecule has 2 aromatic rings. The molecule has 0 saturated heterocycles. The molecule has 0 saturated carbocycles. The van der Waals surface area contributed by atoms with Gasteiger partial charge < -0.3 is 4.74 Å². The van der Waals surface area contributed by atoms with Crippen molar-refractivity contribution < 1.29 is 4.74 Å². The Bertz CT molecular complexity index is 564. The van der Waals surface area contributed by atoms with E-state index in [1.807, 2.05) is 48.5 Å². The number of halogens is 2. The van der Waals surface area contributed by atoms with Crippen LogP contribution in [0.4, 0.5) is 0 Å². The fourth-order valence-corrected chi connectivity index (χ4v) is 1.96. The molecule has 0 N–H and O–H groups in total. The van der Waals surface area contributed by atoms with Gasteiger partial charge in [-0.25, -0.2) is 0 Å². The van der Waals surface area contributed by atoms with Crippen molar-refractivity contribution in [1.82, 2.24) is 0 Å². The van der Waals surface area contributed by atoms with E-state index in [9.17, 15) is 0 Å². The smallest absolute Gasteiger partial charge is 0.138 e. The molecule has 0 unspecified atom stereocenters. The summed E-state index contributed by atoms with van der Waals surface area (Å²) in [4.78, 5) is 0. The maximum absolute atomic E-state index is 6.22. The van der Waals surface area contributed by atoms with Gasteiger partial charge in [-0.1, -0.05) is 54.6 Å². The lowest BCUT2D eigenvalue weighted by Crippen LogP contribution is -2.01. The van der Waals surface area contributed by atoms with E-state index in [4.69, 9.17) is 27.9 Å². The number of rotatable bonds is 5. The van der Waals surface area contributed by atoms with Gasteiger partial charge in [0.05, 0.1) is 5.02 Å². The van der Waals surface area contributed by atoms with Crippen molar-refractivity contribution in [2.75, 3.05) is 12.5 Å². The molecule has 0 aliphatic heterocycles. The fourth-order valence-electron chi connectivity index (χ4n) is 1.65. The number of hydrogen-bond donors (Lipinski definition) is 0. The highest BCUT2D eigenvalue weighted by Gasteiger charge is 2.05. The monoisotopic (exact) mass is 292 g/mol. The van der Waals surface area contributed by atoms with Crippen molar-refractivity contribution in [2.24, 2.45) is 0 Å². The Morgan fingerprint density at radius 3 is 2.42 bits per heavy atom. The minimum absolute atomic E-state index is 0.383. The molecule has 0 atom stereocenters. The largest absolute Gasteiger partial charge is 0.488 e. The summed E-state index contributed by atoms with van der Waals surface area (Å²) in [5.41, 5.74) is 3.01. The quantitative estimate of drug-likeness (QED) is 0.545. The number of alkyl halides is 1. The minimum Gasteiger partial charge on any atom is -0.488 e. The summed E-state index contributed by atoms with van der Waals surface area (Å²) in [7, 11) is 0. The Morgan fingerprint density at radius 1 is 1.05 bits per heavy atom. The standard InChI is InChI=1S/C16H14Cl2O/c1-12(10-17)11-19-16-8-7-14(9-15(16)18)13-5-3-2-4-6-13/h2-9H,1,10-11H2. The van der Waals surface area contributed by atoms with Gasteiger partial charge >= 0.3 is 0 Å². The molecule has 0 bridgehead atoms. The van der Waals surface area contributed by atoms with Crippen molar-refractivity contribution in [3.8, 4) is 16.9 Å². The van der Waals surface area contributed by atoms with Gasteiger partial charge in [-0.05, 0) is 28.8 Å². The van der Waals surface area contributed by atoms with Crippen molar-refractivity contribution in [3.63, 3.8) is 0 Å². The van der Waals surface area contributed by atoms with Crippen LogP contribution in [0.25, 0.3) is 11.1 Å². The van der Waals surface area contributed by atoms with Gasteiger partial charge in [-0.15, -0.1) is 11.6 Å². The summed E-state index contributed by atoms with van der Waals surface area (Å²) in [6.07, 6.45) is 0. The number of benzene rings is 2. The zero-order valence-corrected chi connectivity index (χ0v) is 11.9. The molecule has 0 aromatic heterocycles. The highest BCUT2D eigenvalue weighted by molar-refractivity contribution is 6.32. The third kappa shape index (κ3) is 3.76. The Kier molecular flexibility index (Phi) is 4.89. The first kappa shape index (κ1) is 14.0. The molecular formula is C16H14Cl2O. The normalized spacial score (nSPS) is 10.2. The van der Waals surface area contributed by atoms with Gasteiger partial charge in [0.25, 0.3) is 0 Å². The Balaban J connectivity index is 2.16. The lowest BCUT2D eigenvalue weighted by atomic mass is 10.1. The van der Waals surface area contributed by atoms with Crippen molar-refractivity contribution in [1.29, 1.82) is 0 Å². The average Bonchev–Trinajstić information content (AvgIpc) is 2.46. The first-order chi connectivity index (χ1) is 9.20. The SMILES string of the molecule is C=C(CCl)COc1ccc(-c2ccccc2)cc1Cl. The molecule has 98 valence electrons. The lowest BCUT2D eigenvalue weighted by Gasteiger charge is -2.10. The second-order valence-corrected chi connectivity index (χ2v) is 4.86. The van der Waals surface area contributed by atoms with E-state index < -0.39 is 0 Å². The summed E-state index contributed by atoms with van der Waals surface area (Å²) in [6, 6.07) is 15.8. The molecule has 19 heavy (non-hydrogen) atoms. The Hall–Kier alpha value is -1.44. The van der Waals surface area contributed by atoms with Gasteiger partial charge in [0.2, 0.25) is 0 Å². The van der Waals surface area contributed by atoms with E-state index in [0.717, 1.165) is 16.7 Å². The maximum atomic E-state index is 6.22. The topological polar surface area (TPSA) is 9.23 Å². The van der Waals surface area contributed by atoms with E-state index in [1.54, 1.807) is 0 Å². The third-order valence-electron chi connectivity index (χ3n) is 2.66. The predicted molar refractivity (Wildman–Crippen MR) is 82.2 cm³/mol. The summed E-state index contributed by atoms with van der Waals surface area (Å²) < 4.78 is 5.56. The van der Waals surface area contributed by atoms with Gasteiger partial charge in [-0.2, -0.15) is 0 Å². The number of ether oxygens (including phenoxy) is 1. The first-order valence-electron chi connectivity index (χ1n) is 5.91. The number of hydrogen-bond acceptors (Lipinski definition) is 1. The highest BCUT2D eigenvalue weighted by Crippen LogP contribution is 2.30. The molecule has 0 aliphatic rings. The Labute approximate surface area is 123 Å². The Morgan fingerprint density at radius 2 is 1.79 bits per heavy atom. The van der Waals surface area contributed by atoms with Crippen molar-refractivity contribution >= 4 is 23.2 Å². The summed E-state index contributed by atoms with van der Waals surface area (Å²) in [5.74, 6) is 1.03. The molecule has 0 amide bonds. The first-order valence-corrected chi connectivity index (χ1v) is 6.82. The second-order valence-electron chi connectivity index (χ2n) is 4.18. The molecule has 3 heteroatoms. The molecule has 0 heterocycles. The van der Waals surface area contributed by atoms with Gasteiger partial charge in [-0.3, -0.25) is 0 Å². The molecule has 0 spiro atoms. The minimum atomic E-state index is 0.383. The van der Waals surface area contributed by atoms with Crippen molar-refractivity contribution in [2.45, 2.75) is 0 Å². The van der Waals surface area contributed by atoms with Crippen molar-refractivity contribution in [3.05, 3.63) is 65.7 Å². The molecule has 2 rings (SSSR count). The van der Waals surface area contributed by atoms with Crippen LogP contribution >= 0.6 is 23.2 Å². The fraction of sp³-hybridized carbons (Fsp3) is 0.125. The van der Waals surface area contributed by atoms with Crippen LogP contribution in [0.5, 0.6) is 5.75 Å². The lowest BCUT2D eigenvalue weighted by molar-refractivity contribution is 0.353. The summed E-state index contributed by atoms with van der Waals surface area (Å²) in [6.45, 7) is 4.17. The van der Waals surface area contributed by atoms with Crippen LogP contribution in [-0.2, 0) is 0 Å². The van der Waals surface area contributed by atoms with Gasteiger partial charge in [0, 0.05) is 5.88 Å². The van der Waals surface area contributed by atoms with E-state index >= 15 is 0 Å². The van der Waals surface area contributed by atoms with E-state index in [2.05, 4.69) is 6.58 Å². The maximum Gasteiger partial charge on any atom is 0.138 e. The van der Waals surface area contributed by atoms with Gasteiger partial charge in [0.1, 0.15) is 12.4 Å². The van der Waals surface area contributed by atoms with Gasteiger partial charge in [0.15, 0.2) is 0 Å². The molecule has 0 radical (unpaired) electrons. The van der Waals surface area contributed by atoms with Crippen LogP contribution in [0.1, 0.15) is 0 Å². The van der Waals surface area contributed by atoms with Crippen LogP contribution in [0.15, 0.2) is 60.7 Å². The van der Waals surface area contributed by atoms with Crippen LogP contribution < -0.4 is 4.74 Å². The molecule has 1 nitrogen and oxygen atoms in total. The van der Waals surface area contributed by atoms with Crippen LogP contribution in [0, 0.1) is 0 Å². The van der Waals surface area contributed by atoms with Crippen LogP contribution in [-0.4, -0.2) is 12.5 Å².